The summed E-state index contributed by atoms with van der Waals surface area (Å²) in [6.45, 7) is 13.5. The van der Waals surface area contributed by atoms with Crippen molar-refractivity contribution < 1.29 is 0 Å². The topological polar surface area (TPSA) is 24.1 Å². The van der Waals surface area contributed by atoms with Crippen molar-refractivity contribution in [2.45, 2.75) is 13.8 Å². The lowest BCUT2D eigenvalue weighted by molar-refractivity contribution is 1.16. The molecular formula is C69H45N5. The zero-order chi connectivity index (χ0) is 49.2. The quantitative estimate of drug-likeness (QED) is 0.148. The summed E-state index contributed by atoms with van der Waals surface area (Å²) in [4.78, 5) is 4.47. The van der Waals surface area contributed by atoms with Gasteiger partial charge in [-0.2, -0.15) is 0 Å². The van der Waals surface area contributed by atoms with Gasteiger partial charge in [0.15, 0.2) is 5.69 Å². The standard InChI is InChI=1S/C69H45N5/c1-43-21-18-22-44(2)63(43)53-31-19-37-59(73-57-35-16-12-29-51(57)65-61(73)41-39-49-47-27-10-14-33-55(47)71(68(49)65)45-23-6-4-7-24-45)64(53)67-54(70-3)32-20-38-60(67)74-58-36-17-13-30-52(58)66-62(74)42-40-50-48-28-11-15-34-56(48)72(69(50)66)46-25-8-5-9-26-46/h4-42H,1-2H3. The van der Waals surface area contributed by atoms with Gasteiger partial charge in [0.25, 0.3) is 0 Å². The highest BCUT2D eigenvalue weighted by atomic mass is 15.0. The van der Waals surface area contributed by atoms with Crippen molar-refractivity contribution in [3.8, 4) is 45.0 Å². The molecule has 0 radical (unpaired) electrons. The Kier molecular flexibility index (Phi) is 9.08. The normalized spacial score (nSPS) is 11.9. The van der Waals surface area contributed by atoms with Crippen LogP contribution in [0.1, 0.15) is 11.1 Å². The molecule has 0 aliphatic rings. The first-order valence-corrected chi connectivity index (χ1v) is 25.3. The summed E-state index contributed by atoms with van der Waals surface area (Å²) in [6.07, 6.45) is 0. The Morgan fingerprint density at radius 1 is 0.297 bits per heavy atom. The maximum absolute atomic E-state index is 9.09. The summed E-state index contributed by atoms with van der Waals surface area (Å²) >= 11 is 0. The summed E-state index contributed by atoms with van der Waals surface area (Å²) in [5, 5.41) is 9.49. The molecule has 0 spiro atoms. The van der Waals surface area contributed by atoms with Gasteiger partial charge >= 0.3 is 0 Å². The molecule has 4 heterocycles. The second-order valence-electron chi connectivity index (χ2n) is 19.5. The van der Waals surface area contributed by atoms with Crippen LogP contribution in [-0.2, 0) is 0 Å². The molecule has 0 amide bonds. The maximum atomic E-state index is 9.09. The van der Waals surface area contributed by atoms with Crippen molar-refractivity contribution in [3.05, 3.63) is 259 Å². The zero-order valence-electron chi connectivity index (χ0n) is 40.8. The van der Waals surface area contributed by atoms with E-state index in [0.29, 0.717) is 5.69 Å². The average molecular weight is 944 g/mol. The predicted molar refractivity (Wildman–Crippen MR) is 310 cm³/mol. The van der Waals surface area contributed by atoms with E-state index in [1.54, 1.807) is 0 Å². The molecule has 0 atom stereocenters. The number of para-hydroxylation sites is 6. The van der Waals surface area contributed by atoms with E-state index in [-0.39, 0.29) is 0 Å². The SMILES string of the molecule is [C-]#[N+]c1cccc(-n2c3ccccc3c3c2ccc2c4ccccc4n(-c4ccccc4)c23)c1-c1c(-c2c(C)cccc2C)cccc1-n1c2ccccc2c2c1ccc1c3ccccc3n(-c3ccccc3)c12. The van der Waals surface area contributed by atoms with Crippen molar-refractivity contribution in [3.63, 3.8) is 0 Å². The smallest absolute Gasteiger partial charge is 0.197 e. The Hall–Kier alpha value is -9.89. The van der Waals surface area contributed by atoms with Gasteiger partial charge in [-0.05, 0) is 109 Å². The lowest BCUT2D eigenvalue weighted by atomic mass is 9.87. The van der Waals surface area contributed by atoms with Gasteiger partial charge < -0.3 is 18.3 Å². The molecule has 11 aromatic carbocycles. The molecule has 0 unspecified atom stereocenters. The molecule has 0 bridgehead atoms. The number of aryl methyl sites for hydroxylation is 2. The van der Waals surface area contributed by atoms with E-state index >= 15 is 0 Å². The van der Waals surface area contributed by atoms with E-state index in [0.717, 1.165) is 83.3 Å². The molecule has 0 fully saturated rings. The van der Waals surface area contributed by atoms with Crippen molar-refractivity contribution in [2.24, 2.45) is 0 Å². The van der Waals surface area contributed by atoms with Crippen LogP contribution in [0.25, 0.3) is 137 Å². The number of fused-ring (bicyclic) bond motifs is 14. The number of benzene rings is 11. The molecule has 15 aromatic rings. The molecule has 0 aliphatic carbocycles. The lowest BCUT2D eigenvalue weighted by Crippen LogP contribution is -2.04. The Morgan fingerprint density at radius 3 is 1.19 bits per heavy atom. The molecule has 0 saturated carbocycles. The van der Waals surface area contributed by atoms with Crippen LogP contribution in [0.3, 0.4) is 0 Å². The molecule has 5 nitrogen and oxygen atoms in total. The van der Waals surface area contributed by atoms with Gasteiger partial charge in [-0.3, -0.25) is 0 Å². The average Bonchev–Trinajstić information content (AvgIpc) is 4.18. The van der Waals surface area contributed by atoms with Crippen LogP contribution < -0.4 is 0 Å². The van der Waals surface area contributed by atoms with Gasteiger partial charge in [0.1, 0.15) is 0 Å². The van der Waals surface area contributed by atoms with Crippen LogP contribution in [0.2, 0.25) is 0 Å². The Bertz CT molecular complexity index is 4840. The maximum Gasteiger partial charge on any atom is 0.197 e. The second kappa shape index (κ2) is 16.1. The summed E-state index contributed by atoms with van der Waals surface area (Å²) < 4.78 is 9.79. The minimum Gasteiger partial charge on any atom is -0.310 e. The summed E-state index contributed by atoms with van der Waals surface area (Å²) in [6, 6.07) is 85.5. The second-order valence-corrected chi connectivity index (χ2v) is 19.5. The van der Waals surface area contributed by atoms with Crippen molar-refractivity contribution in [1.29, 1.82) is 0 Å². The van der Waals surface area contributed by atoms with E-state index in [9.17, 15) is 0 Å². The molecule has 0 N–H and O–H groups in total. The minimum atomic E-state index is 0.584. The first-order valence-electron chi connectivity index (χ1n) is 25.3. The van der Waals surface area contributed by atoms with Crippen LogP contribution in [0.5, 0.6) is 0 Å². The Labute approximate surface area is 427 Å². The summed E-state index contributed by atoms with van der Waals surface area (Å²) in [5.74, 6) is 0. The largest absolute Gasteiger partial charge is 0.310 e. The monoisotopic (exact) mass is 943 g/mol. The summed E-state index contributed by atoms with van der Waals surface area (Å²) in [7, 11) is 0. The third-order valence-electron chi connectivity index (χ3n) is 15.6. The van der Waals surface area contributed by atoms with Gasteiger partial charge in [-0.25, -0.2) is 4.85 Å². The molecule has 346 valence electrons. The van der Waals surface area contributed by atoms with Gasteiger partial charge in [0.2, 0.25) is 0 Å². The Morgan fingerprint density at radius 2 is 0.703 bits per heavy atom. The number of aromatic nitrogens is 4. The molecule has 0 aliphatic heterocycles. The van der Waals surface area contributed by atoms with E-state index < -0.39 is 0 Å². The third kappa shape index (κ3) is 5.79. The van der Waals surface area contributed by atoms with Gasteiger partial charge in [0.05, 0.1) is 56.4 Å². The first-order chi connectivity index (χ1) is 36.6. The van der Waals surface area contributed by atoms with Crippen LogP contribution in [0.15, 0.2) is 237 Å². The van der Waals surface area contributed by atoms with Gasteiger partial charge in [-0.15, -0.1) is 0 Å². The van der Waals surface area contributed by atoms with Crippen molar-refractivity contribution in [2.75, 3.05) is 0 Å². The molecule has 4 aromatic heterocycles. The number of nitrogens with zero attached hydrogens (tertiary/aromatic N) is 5. The van der Waals surface area contributed by atoms with E-state index in [1.165, 1.54) is 60.0 Å². The fourth-order valence-electron chi connectivity index (χ4n) is 12.7. The van der Waals surface area contributed by atoms with Crippen molar-refractivity contribution >= 4 is 92.9 Å². The van der Waals surface area contributed by atoms with E-state index in [4.69, 9.17) is 6.57 Å². The highest BCUT2D eigenvalue weighted by Crippen LogP contribution is 2.51. The lowest BCUT2D eigenvalue weighted by Gasteiger charge is -2.24. The van der Waals surface area contributed by atoms with E-state index in [2.05, 4.69) is 267 Å². The van der Waals surface area contributed by atoms with Crippen LogP contribution >= 0.6 is 0 Å². The molecular weight excluding hydrogens is 899 g/mol. The molecule has 5 heteroatoms. The number of rotatable bonds is 6. The summed E-state index contributed by atoms with van der Waals surface area (Å²) in [5.41, 5.74) is 20.2. The molecule has 0 saturated heterocycles. The third-order valence-corrected chi connectivity index (χ3v) is 15.6. The van der Waals surface area contributed by atoms with Crippen LogP contribution in [-0.4, -0.2) is 18.3 Å². The van der Waals surface area contributed by atoms with Crippen LogP contribution in [0.4, 0.5) is 5.69 Å². The van der Waals surface area contributed by atoms with Crippen LogP contribution in [0, 0.1) is 20.4 Å². The molecule has 15 rings (SSSR count). The fourth-order valence-corrected chi connectivity index (χ4v) is 12.7. The van der Waals surface area contributed by atoms with Gasteiger partial charge in [0, 0.05) is 71.3 Å². The minimum absolute atomic E-state index is 0.584. The van der Waals surface area contributed by atoms with E-state index in [1.807, 2.05) is 6.07 Å². The van der Waals surface area contributed by atoms with Gasteiger partial charge in [-0.1, -0.05) is 164 Å². The predicted octanol–water partition coefficient (Wildman–Crippen LogP) is 18.6. The number of hydrogen-bond acceptors (Lipinski definition) is 0. The Balaban J connectivity index is 1.11. The highest BCUT2D eigenvalue weighted by Gasteiger charge is 2.29. The van der Waals surface area contributed by atoms with Crippen molar-refractivity contribution in [1.82, 2.24) is 18.3 Å². The highest BCUT2D eigenvalue weighted by molar-refractivity contribution is 6.28. The zero-order valence-corrected chi connectivity index (χ0v) is 40.8. The fraction of sp³-hybridized carbons (Fsp3) is 0.0290. The number of hydrogen-bond donors (Lipinski definition) is 0. The first kappa shape index (κ1) is 41.9. The molecule has 74 heavy (non-hydrogen) atoms.